The molecule has 1 aromatic rings. The van der Waals surface area contributed by atoms with Gasteiger partial charge in [-0.2, -0.15) is 0 Å². The number of ether oxygens (including phenoxy) is 1. The standard InChI is InChI=1S/C11H15N3O4/c1-7(2)10(11(15)18-3)13-8-4-5-9(12-6-8)14(16)17/h4-7,10,13H,1-3H3. The van der Waals surface area contributed by atoms with Gasteiger partial charge in [0.2, 0.25) is 0 Å². The highest BCUT2D eigenvalue weighted by atomic mass is 16.6. The molecule has 1 N–H and O–H groups in total. The van der Waals surface area contributed by atoms with Gasteiger partial charge in [0.25, 0.3) is 0 Å². The summed E-state index contributed by atoms with van der Waals surface area (Å²) in [5.74, 6) is -0.601. The van der Waals surface area contributed by atoms with E-state index in [0.29, 0.717) is 5.69 Å². The second-order valence-electron chi connectivity index (χ2n) is 4.05. The van der Waals surface area contributed by atoms with Crippen LogP contribution < -0.4 is 5.32 Å². The van der Waals surface area contributed by atoms with E-state index in [1.165, 1.54) is 25.4 Å². The van der Waals surface area contributed by atoms with Gasteiger partial charge in [-0.15, -0.1) is 0 Å². The average molecular weight is 253 g/mol. The average Bonchev–Trinajstić information content (AvgIpc) is 2.35. The number of carbonyl (C=O) groups excluding carboxylic acids is 1. The Morgan fingerprint density at radius 2 is 2.17 bits per heavy atom. The number of nitrogens with zero attached hydrogens (tertiary/aromatic N) is 2. The number of aromatic nitrogens is 1. The molecule has 0 aliphatic heterocycles. The van der Waals surface area contributed by atoms with Crippen LogP contribution in [-0.2, 0) is 9.53 Å². The van der Waals surface area contributed by atoms with Crippen molar-refractivity contribution in [2.75, 3.05) is 12.4 Å². The topological polar surface area (TPSA) is 94.4 Å². The molecule has 98 valence electrons. The number of rotatable bonds is 5. The van der Waals surface area contributed by atoms with E-state index in [-0.39, 0.29) is 17.7 Å². The van der Waals surface area contributed by atoms with E-state index in [0.717, 1.165) is 0 Å². The normalized spacial score (nSPS) is 12.0. The van der Waals surface area contributed by atoms with Crippen molar-refractivity contribution in [2.24, 2.45) is 5.92 Å². The van der Waals surface area contributed by atoms with Crippen molar-refractivity contribution < 1.29 is 14.5 Å². The molecule has 7 heteroatoms. The van der Waals surface area contributed by atoms with Gasteiger partial charge in [-0.05, 0) is 21.9 Å². The molecule has 18 heavy (non-hydrogen) atoms. The number of hydrogen-bond donors (Lipinski definition) is 1. The van der Waals surface area contributed by atoms with Crippen LogP contribution in [0, 0.1) is 16.0 Å². The number of carbonyl (C=O) groups is 1. The van der Waals surface area contributed by atoms with Crippen molar-refractivity contribution in [1.82, 2.24) is 4.98 Å². The molecule has 0 saturated carbocycles. The molecular formula is C11H15N3O4. The number of nitrogens with one attached hydrogen (secondary N) is 1. The highest BCUT2D eigenvalue weighted by Gasteiger charge is 2.23. The maximum absolute atomic E-state index is 11.5. The molecular weight excluding hydrogens is 238 g/mol. The zero-order valence-electron chi connectivity index (χ0n) is 10.4. The van der Waals surface area contributed by atoms with Gasteiger partial charge in [-0.25, -0.2) is 4.79 Å². The fraction of sp³-hybridized carbons (Fsp3) is 0.455. The third-order valence-corrected chi connectivity index (χ3v) is 2.38. The van der Waals surface area contributed by atoms with Gasteiger partial charge in [-0.3, -0.25) is 0 Å². The molecule has 1 rings (SSSR count). The predicted octanol–water partition coefficient (Wildman–Crippen LogP) is 1.60. The van der Waals surface area contributed by atoms with E-state index in [2.05, 4.69) is 15.0 Å². The van der Waals surface area contributed by atoms with Crippen LogP contribution in [0.2, 0.25) is 0 Å². The van der Waals surface area contributed by atoms with Crippen LogP contribution in [0.3, 0.4) is 0 Å². The van der Waals surface area contributed by atoms with E-state index >= 15 is 0 Å². The van der Waals surface area contributed by atoms with Crippen LogP contribution in [-0.4, -0.2) is 29.0 Å². The molecule has 7 nitrogen and oxygen atoms in total. The van der Waals surface area contributed by atoms with Gasteiger partial charge in [0.1, 0.15) is 6.04 Å². The first-order valence-corrected chi connectivity index (χ1v) is 5.40. The lowest BCUT2D eigenvalue weighted by molar-refractivity contribution is -0.389. The van der Waals surface area contributed by atoms with Crippen LogP contribution in [0.1, 0.15) is 13.8 Å². The SMILES string of the molecule is COC(=O)C(Nc1ccc([N+](=O)[O-])nc1)C(C)C. The first kappa shape index (κ1) is 13.9. The molecule has 0 radical (unpaired) electrons. The third-order valence-electron chi connectivity index (χ3n) is 2.38. The number of nitro groups is 1. The van der Waals surface area contributed by atoms with E-state index in [1.807, 2.05) is 13.8 Å². The Balaban J connectivity index is 2.81. The van der Waals surface area contributed by atoms with Crippen molar-refractivity contribution >= 4 is 17.5 Å². The summed E-state index contributed by atoms with van der Waals surface area (Å²) in [5.41, 5.74) is 0.532. The lowest BCUT2D eigenvalue weighted by Gasteiger charge is -2.20. The number of esters is 1. The second-order valence-corrected chi connectivity index (χ2v) is 4.05. The summed E-state index contributed by atoms with van der Waals surface area (Å²) >= 11 is 0. The summed E-state index contributed by atoms with van der Waals surface area (Å²) in [6, 6.07) is 2.26. The molecule has 0 saturated heterocycles. The Hall–Kier alpha value is -2.18. The second kappa shape index (κ2) is 5.95. The number of anilines is 1. The van der Waals surface area contributed by atoms with Gasteiger partial charge < -0.3 is 20.2 Å². The van der Waals surface area contributed by atoms with Gasteiger partial charge >= 0.3 is 11.8 Å². The lowest BCUT2D eigenvalue weighted by atomic mass is 10.0. The van der Waals surface area contributed by atoms with Crippen LogP contribution in [0.25, 0.3) is 0 Å². The zero-order valence-corrected chi connectivity index (χ0v) is 10.4. The summed E-state index contributed by atoms with van der Waals surface area (Å²) < 4.78 is 4.68. The van der Waals surface area contributed by atoms with Crippen LogP contribution >= 0.6 is 0 Å². The van der Waals surface area contributed by atoms with Gasteiger partial charge in [0, 0.05) is 6.07 Å². The van der Waals surface area contributed by atoms with Gasteiger partial charge in [0.15, 0.2) is 6.20 Å². The summed E-state index contributed by atoms with van der Waals surface area (Å²) in [5, 5.41) is 13.4. The molecule has 1 heterocycles. The first-order valence-electron chi connectivity index (χ1n) is 5.40. The Bertz CT molecular complexity index is 430. The maximum atomic E-state index is 11.5. The summed E-state index contributed by atoms with van der Waals surface area (Å²) in [7, 11) is 1.31. The maximum Gasteiger partial charge on any atom is 0.363 e. The fourth-order valence-corrected chi connectivity index (χ4v) is 1.38. The Morgan fingerprint density at radius 3 is 2.56 bits per heavy atom. The number of methoxy groups -OCH3 is 1. The van der Waals surface area contributed by atoms with Gasteiger partial charge in [0.05, 0.1) is 12.8 Å². The van der Waals surface area contributed by atoms with Crippen molar-refractivity contribution in [1.29, 1.82) is 0 Å². The Labute approximate surface area is 104 Å². The minimum atomic E-state index is -0.579. The Morgan fingerprint density at radius 1 is 1.50 bits per heavy atom. The van der Waals surface area contributed by atoms with Gasteiger partial charge in [-0.1, -0.05) is 13.8 Å². The predicted molar refractivity (Wildman–Crippen MR) is 65.2 cm³/mol. The quantitative estimate of drug-likeness (QED) is 0.486. The molecule has 0 aromatic carbocycles. The molecule has 0 fully saturated rings. The molecule has 1 atom stereocenters. The summed E-state index contributed by atoms with van der Waals surface area (Å²) in [4.78, 5) is 25.0. The molecule has 0 aliphatic rings. The number of hydrogen-bond acceptors (Lipinski definition) is 6. The van der Waals surface area contributed by atoms with Crippen LogP contribution in [0.15, 0.2) is 18.3 Å². The van der Waals surface area contributed by atoms with Crippen LogP contribution in [0.5, 0.6) is 0 Å². The smallest absolute Gasteiger partial charge is 0.363 e. The highest BCUT2D eigenvalue weighted by molar-refractivity contribution is 5.79. The third kappa shape index (κ3) is 3.41. The summed E-state index contributed by atoms with van der Waals surface area (Å²) in [6.07, 6.45) is 1.32. The van der Waals surface area contributed by atoms with Crippen molar-refractivity contribution in [3.8, 4) is 0 Å². The lowest BCUT2D eigenvalue weighted by Crippen LogP contribution is -2.35. The molecule has 1 unspecified atom stereocenters. The van der Waals surface area contributed by atoms with Crippen molar-refractivity contribution in [3.05, 3.63) is 28.4 Å². The zero-order chi connectivity index (χ0) is 13.7. The minimum Gasteiger partial charge on any atom is -0.467 e. The van der Waals surface area contributed by atoms with Crippen molar-refractivity contribution in [2.45, 2.75) is 19.9 Å². The van der Waals surface area contributed by atoms with E-state index < -0.39 is 11.0 Å². The first-order chi connectivity index (χ1) is 8.45. The molecule has 0 bridgehead atoms. The van der Waals surface area contributed by atoms with E-state index in [4.69, 9.17) is 0 Å². The molecule has 0 spiro atoms. The van der Waals surface area contributed by atoms with E-state index in [1.54, 1.807) is 0 Å². The molecule has 0 aliphatic carbocycles. The molecule has 1 aromatic heterocycles. The Kier molecular flexibility index (Phi) is 4.59. The van der Waals surface area contributed by atoms with E-state index in [9.17, 15) is 14.9 Å². The largest absolute Gasteiger partial charge is 0.467 e. The summed E-state index contributed by atoms with van der Waals surface area (Å²) in [6.45, 7) is 3.74. The van der Waals surface area contributed by atoms with Crippen LogP contribution in [0.4, 0.5) is 11.5 Å². The number of pyridine rings is 1. The minimum absolute atomic E-state index is 0.0210. The molecule has 0 amide bonds. The van der Waals surface area contributed by atoms with Crippen molar-refractivity contribution in [3.63, 3.8) is 0 Å². The fourth-order valence-electron chi connectivity index (χ4n) is 1.38. The monoisotopic (exact) mass is 253 g/mol. The highest BCUT2D eigenvalue weighted by Crippen LogP contribution is 2.15.